The van der Waals surface area contributed by atoms with Crippen LogP contribution in [0.1, 0.15) is 0 Å². The lowest BCUT2D eigenvalue weighted by Crippen LogP contribution is -2.01. The van der Waals surface area contributed by atoms with Crippen LogP contribution in [0.4, 0.5) is 0 Å². The molecule has 5 nitrogen and oxygen atoms in total. The van der Waals surface area contributed by atoms with Crippen molar-refractivity contribution in [2.75, 3.05) is 0 Å². The van der Waals surface area contributed by atoms with E-state index in [0.717, 1.165) is 88.9 Å². The third-order valence-electron chi connectivity index (χ3n) is 11.6. The van der Waals surface area contributed by atoms with Crippen LogP contribution >= 0.6 is 0 Å². The molecular weight excluding hydrogens is 779 g/mol. The summed E-state index contributed by atoms with van der Waals surface area (Å²) in [5.74, 6) is 2.58. The molecule has 300 valence electrons. The van der Waals surface area contributed by atoms with Gasteiger partial charge in [-0.3, -0.25) is 0 Å². The van der Waals surface area contributed by atoms with E-state index in [-0.39, 0.29) is 0 Å². The number of benzene rings is 9. The normalized spacial score (nSPS) is 11.1. The Hall–Kier alpha value is -8.67. The van der Waals surface area contributed by atoms with E-state index in [1.54, 1.807) is 0 Å². The molecule has 0 aliphatic carbocycles. The molecule has 2 heterocycles. The molecule has 0 aliphatic rings. The minimum Gasteiger partial charge on any atom is -0.228 e. The summed E-state index contributed by atoms with van der Waals surface area (Å²) in [6, 6.07) is 81.8. The van der Waals surface area contributed by atoms with E-state index in [2.05, 4.69) is 140 Å². The minimum absolute atomic E-state index is 0.627. The van der Waals surface area contributed by atoms with E-state index in [1.807, 2.05) is 97.1 Å². The van der Waals surface area contributed by atoms with Crippen LogP contribution < -0.4 is 0 Å². The maximum atomic E-state index is 5.14. The van der Waals surface area contributed by atoms with Crippen LogP contribution in [0.25, 0.3) is 112 Å². The fourth-order valence-electron chi connectivity index (χ4n) is 8.38. The van der Waals surface area contributed by atoms with E-state index >= 15 is 0 Å². The van der Waals surface area contributed by atoms with Crippen molar-refractivity contribution >= 4 is 10.8 Å². The number of nitrogens with zero attached hydrogens (tertiary/aromatic N) is 5. The summed E-state index contributed by atoms with van der Waals surface area (Å²) in [6.45, 7) is 0. The molecule has 0 amide bonds. The van der Waals surface area contributed by atoms with Crippen LogP contribution in [-0.4, -0.2) is 24.9 Å². The molecule has 0 bridgehead atoms. The van der Waals surface area contributed by atoms with Gasteiger partial charge in [0.15, 0.2) is 23.3 Å². The highest BCUT2D eigenvalue weighted by Gasteiger charge is 2.19. The lowest BCUT2D eigenvalue weighted by molar-refractivity contribution is 1.07. The van der Waals surface area contributed by atoms with Gasteiger partial charge < -0.3 is 0 Å². The van der Waals surface area contributed by atoms with Gasteiger partial charge in [-0.25, -0.2) is 24.9 Å². The molecule has 64 heavy (non-hydrogen) atoms. The van der Waals surface area contributed by atoms with E-state index in [9.17, 15) is 0 Å². The summed E-state index contributed by atoms with van der Waals surface area (Å²) >= 11 is 0. The first kappa shape index (κ1) is 38.3. The molecule has 0 unspecified atom stereocenters. The first-order chi connectivity index (χ1) is 31.7. The summed E-state index contributed by atoms with van der Waals surface area (Å²) in [5, 5.41) is 2.28. The lowest BCUT2D eigenvalue weighted by atomic mass is 9.91. The Morgan fingerprint density at radius 1 is 0.219 bits per heavy atom. The zero-order valence-electron chi connectivity index (χ0n) is 34.8. The molecule has 0 saturated carbocycles. The molecule has 0 radical (unpaired) electrons. The van der Waals surface area contributed by atoms with Gasteiger partial charge in [0.05, 0.1) is 11.4 Å². The summed E-state index contributed by atoms with van der Waals surface area (Å²) < 4.78 is 0. The maximum Gasteiger partial charge on any atom is 0.164 e. The third-order valence-corrected chi connectivity index (χ3v) is 11.6. The van der Waals surface area contributed by atoms with Crippen LogP contribution in [0, 0.1) is 0 Å². The number of hydrogen-bond acceptors (Lipinski definition) is 5. The van der Waals surface area contributed by atoms with Gasteiger partial charge in [0.1, 0.15) is 0 Å². The molecule has 0 atom stereocenters. The average molecular weight is 818 g/mol. The summed E-state index contributed by atoms with van der Waals surface area (Å²) in [5.41, 5.74) is 14.2. The molecule has 11 rings (SSSR count). The Bertz CT molecular complexity index is 3280. The van der Waals surface area contributed by atoms with Crippen LogP contribution in [0.5, 0.6) is 0 Å². The third kappa shape index (κ3) is 7.63. The highest BCUT2D eigenvalue weighted by Crippen LogP contribution is 2.40. The van der Waals surface area contributed by atoms with Gasteiger partial charge in [-0.2, -0.15) is 0 Å². The first-order valence-electron chi connectivity index (χ1n) is 21.4. The molecule has 9 aromatic carbocycles. The molecule has 0 N–H and O–H groups in total. The van der Waals surface area contributed by atoms with Crippen molar-refractivity contribution < 1.29 is 0 Å². The van der Waals surface area contributed by atoms with Crippen LogP contribution in [0.15, 0.2) is 237 Å². The second kappa shape index (κ2) is 17.0. The first-order valence-corrected chi connectivity index (χ1v) is 21.4. The van der Waals surface area contributed by atoms with Gasteiger partial charge in [0.2, 0.25) is 0 Å². The quantitative estimate of drug-likeness (QED) is 0.145. The standard InChI is InChI=1S/C59H39N5/c1-5-18-44(19-6-1)53-39-54(45-20-7-2-8-21-45)61-58(60-53)51-28-16-15-26-49(51)43-33-29-40(30-34-43)41-31-35-46(36-32-41)55-50-27-14-13-17-42(50)37-38-52(55)59-63-56(47-22-9-3-10-23-47)62-57(64-59)48-24-11-4-12-25-48/h1-39H. The molecule has 11 aromatic rings. The van der Waals surface area contributed by atoms with Crippen molar-refractivity contribution in [1.29, 1.82) is 0 Å². The van der Waals surface area contributed by atoms with Crippen molar-refractivity contribution in [1.82, 2.24) is 24.9 Å². The molecule has 0 spiro atoms. The van der Waals surface area contributed by atoms with Crippen LogP contribution in [0.3, 0.4) is 0 Å². The monoisotopic (exact) mass is 817 g/mol. The van der Waals surface area contributed by atoms with Crippen molar-refractivity contribution in [3.05, 3.63) is 237 Å². The van der Waals surface area contributed by atoms with Gasteiger partial charge in [-0.15, -0.1) is 0 Å². The Kier molecular flexibility index (Phi) is 10.2. The van der Waals surface area contributed by atoms with Gasteiger partial charge in [-0.05, 0) is 50.7 Å². The summed E-state index contributed by atoms with van der Waals surface area (Å²) in [7, 11) is 0. The molecule has 0 aliphatic heterocycles. The second-order valence-corrected chi connectivity index (χ2v) is 15.6. The van der Waals surface area contributed by atoms with Gasteiger partial charge in [-0.1, -0.05) is 224 Å². The van der Waals surface area contributed by atoms with Gasteiger partial charge in [0.25, 0.3) is 0 Å². The molecule has 5 heteroatoms. The summed E-state index contributed by atoms with van der Waals surface area (Å²) in [6.07, 6.45) is 0. The zero-order valence-corrected chi connectivity index (χ0v) is 34.8. The average Bonchev–Trinajstić information content (AvgIpc) is 3.39. The van der Waals surface area contributed by atoms with Gasteiger partial charge in [0, 0.05) is 38.9 Å². The lowest BCUT2D eigenvalue weighted by Gasteiger charge is -2.15. The zero-order chi connectivity index (χ0) is 42.7. The molecular formula is C59H39N5. The number of fused-ring (bicyclic) bond motifs is 1. The Labute approximate surface area is 372 Å². The molecule has 0 saturated heterocycles. The van der Waals surface area contributed by atoms with E-state index in [4.69, 9.17) is 24.9 Å². The molecule has 2 aromatic heterocycles. The highest BCUT2D eigenvalue weighted by atomic mass is 15.0. The predicted molar refractivity (Wildman–Crippen MR) is 262 cm³/mol. The second-order valence-electron chi connectivity index (χ2n) is 15.6. The number of aromatic nitrogens is 5. The van der Waals surface area contributed by atoms with Crippen LogP contribution in [0.2, 0.25) is 0 Å². The fraction of sp³-hybridized carbons (Fsp3) is 0. The van der Waals surface area contributed by atoms with E-state index < -0.39 is 0 Å². The summed E-state index contributed by atoms with van der Waals surface area (Å²) in [4.78, 5) is 25.5. The Morgan fingerprint density at radius 2 is 0.625 bits per heavy atom. The van der Waals surface area contributed by atoms with Crippen molar-refractivity contribution in [2.45, 2.75) is 0 Å². The smallest absolute Gasteiger partial charge is 0.164 e. The Morgan fingerprint density at radius 3 is 1.17 bits per heavy atom. The minimum atomic E-state index is 0.627. The number of rotatable bonds is 9. The van der Waals surface area contributed by atoms with Crippen LogP contribution in [-0.2, 0) is 0 Å². The van der Waals surface area contributed by atoms with E-state index in [0.29, 0.717) is 23.3 Å². The largest absolute Gasteiger partial charge is 0.228 e. The maximum absolute atomic E-state index is 5.14. The SMILES string of the molecule is c1ccc(-c2cc(-c3ccccc3)nc(-c3ccccc3-c3ccc(-c4ccc(-c5c(-c6nc(-c7ccccc7)nc(-c7ccccc7)n6)ccc6ccccc56)cc4)cc3)n2)cc1. The fourth-order valence-corrected chi connectivity index (χ4v) is 8.38. The molecule has 0 fully saturated rings. The van der Waals surface area contributed by atoms with Crippen molar-refractivity contribution in [3.8, 4) is 101 Å². The topological polar surface area (TPSA) is 64.5 Å². The van der Waals surface area contributed by atoms with Crippen molar-refractivity contribution in [3.63, 3.8) is 0 Å². The highest BCUT2D eigenvalue weighted by molar-refractivity contribution is 6.03. The predicted octanol–water partition coefficient (Wildman–Crippen LogP) is 14.8. The van der Waals surface area contributed by atoms with Gasteiger partial charge >= 0.3 is 0 Å². The van der Waals surface area contributed by atoms with Crippen molar-refractivity contribution in [2.24, 2.45) is 0 Å². The van der Waals surface area contributed by atoms with E-state index in [1.165, 1.54) is 0 Å². The number of hydrogen-bond donors (Lipinski definition) is 0. The Balaban J connectivity index is 0.956.